The maximum Gasteiger partial charge on any atom is 0.257 e. The monoisotopic (exact) mass is 364 g/mol. The Morgan fingerprint density at radius 1 is 1.24 bits per heavy atom. The van der Waals surface area contributed by atoms with E-state index < -0.39 is 10.0 Å². The fourth-order valence-corrected chi connectivity index (χ4v) is 4.70. The van der Waals surface area contributed by atoms with Crippen molar-refractivity contribution in [2.45, 2.75) is 56.7 Å². The van der Waals surface area contributed by atoms with Crippen molar-refractivity contribution in [1.82, 2.24) is 19.5 Å². The Labute approximate surface area is 148 Å². The number of nitrogens with zero attached hydrogens (tertiary/aromatic N) is 3. The van der Waals surface area contributed by atoms with Crippen LogP contribution in [-0.4, -0.2) is 35.3 Å². The smallest absolute Gasteiger partial charge is 0.257 e. The Hall–Kier alpha value is -1.93. The summed E-state index contributed by atoms with van der Waals surface area (Å²) >= 11 is 0. The predicted octanol–water partition coefficient (Wildman–Crippen LogP) is 2.10. The summed E-state index contributed by atoms with van der Waals surface area (Å²) in [7, 11) is -1.91. The lowest BCUT2D eigenvalue weighted by Crippen LogP contribution is -2.40. The van der Waals surface area contributed by atoms with E-state index in [2.05, 4.69) is 14.8 Å². The minimum Gasteiger partial charge on any atom is -0.489 e. The Morgan fingerprint density at radius 3 is 2.56 bits per heavy atom. The highest BCUT2D eigenvalue weighted by molar-refractivity contribution is 7.89. The van der Waals surface area contributed by atoms with Gasteiger partial charge in [-0.25, -0.2) is 13.1 Å². The molecule has 25 heavy (non-hydrogen) atoms. The van der Waals surface area contributed by atoms with E-state index >= 15 is 0 Å². The fraction of sp³-hybridized carbons (Fsp3) is 0.529. The molecule has 0 saturated heterocycles. The molecular formula is C17H24N4O3S. The molecule has 2 heterocycles. The summed E-state index contributed by atoms with van der Waals surface area (Å²) in [4.78, 5) is 4.23. The Bertz CT molecular complexity index is 839. The molecule has 0 spiro atoms. The number of hydrogen-bond donors (Lipinski definition) is 1. The lowest BCUT2D eigenvalue weighted by Gasteiger charge is -2.29. The van der Waals surface area contributed by atoms with Gasteiger partial charge < -0.3 is 4.74 Å². The first-order valence-electron chi connectivity index (χ1n) is 8.46. The van der Waals surface area contributed by atoms with Gasteiger partial charge in [0.15, 0.2) is 5.03 Å². The molecule has 0 atom stereocenters. The van der Waals surface area contributed by atoms with E-state index in [4.69, 9.17) is 4.74 Å². The van der Waals surface area contributed by atoms with E-state index in [-0.39, 0.29) is 17.2 Å². The van der Waals surface area contributed by atoms with Crippen molar-refractivity contribution in [3.8, 4) is 5.75 Å². The topological polar surface area (TPSA) is 86.1 Å². The average Bonchev–Trinajstić information content (AvgIpc) is 2.91. The molecular weight excluding hydrogens is 340 g/mol. The van der Waals surface area contributed by atoms with E-state index in [0.29, 0.717) is 5.69 Å². The van der Waals surface area contributed by atoms with Crippen molar-refractivity contribution in [3.63, 3.8) is 0 Å². The third kappa shape index (κ3) is 4.19. The molecule has 7 nitrogen and oxygen atoms in total. The number of rotatable bonds is 5. The Balaban J connectivity index is 1.57. The zero-order valence-corrected chi connectivity index (χ0v) is 15.6. The molecule has 1 saturated carbocycles. The van der Waals surface area contributed by atoms with Crippen LogP contribution in [0.15, 0.2) is 29.4 Å². The number of sulfonamides is 1. The summed E-state index contributed by atoms with van der Waals surface area (Å²) in [5.41, 5.74) is 1.56. The largest absolute Gasteiger partial charge is 0.489 e. The minimum atomic E-state index is -3.55. The number of nitrogens with one attached hydrogen (secondary N) is 1. The van der Waals surface area contributed by atoms with Crippen LogP contribution in [0.5, 0.6) is 5.75 Å². The van der Waals surface area contributed by atoms with Crippen molar-refractivity contribution >= 4 is 10.0 Å². The summed E-state index contributed by atoms with van der Waals surface area (Å²) < 4.78 is 35.3. The molecule has 2 aromatic rings. The van der Waals surface area contributed by atoms with Crippen molar-refractivity contribution < 1.29 is 13.2 Å². The van der Waals surface area contributed by atoms with Crippen LogP contribution >= 0.6 is 0 Å². The number of aromatic nitrogens is 3. The SMILES string of the molecule is Cc1cc(S(=O)(=O)NC2CCC(Oc3cccnc3C)CC2)n(C)n1. The molecule has 0 aromatic carbocycles. The van der Waals surface area contributed by atoms with Gasteiger partial charge in [-0.15, -0.1) is 0 Å². The van der Waals surface area contributed by atoms with Gasteiger partial charge in [0.1, 0.15) is 5.75 Å². The van der Waals surface area contributed by atoms with Crippen LogP contribution in [0.1, 0.15) is 37.1 Å². The van der Waals surface area contributed by atoms with Gasteiger partial charge in [0.25, 0.3) is 10.0 Å². The molecule has 2 aromatic heterocycles. The highest BCUT2D eigenvalue weighted by Gasteiger charge is 2.28. The summed E-state index contributed by atoms with van der Waals surface area (Å²) in [6, 6.07) is 5.29. The van der Waals surface area contributed by atoms with E-state index in [1.807, 2.05) is 19.1 Å². The van der Waals surface area contributed by atoms with Crippen LogP contribution in [-0.2, 0) is 17.1 Å². The first kappa shape index (κ1) is 17.9. The van der Waals surface area contributed by atoms with E-state index in [1.165, 1.54) is 4.68 Å². The van der Waals surface area contributed by atoms with Gasteiger partial charge in [-0.2, -0.15) is 5.10 Å². The van der Waals surface area contributed by atoms with Gasteiger partial charge in [0.2, 0.25) is 0 Å². The number of ether oxygens (including phenoxy) is 1. The van der Waals surface area contributed by atoms with Crippen LogP contribution in [0.2, 0.25) is 0 Å². The number of pyridine rings is 1. The van der Waals surface area contributed by atoms with E-state index in [0.717, 1.165) is 37.1 Å². The fourth-order valence-electron chi connectivity index (χ4n) is 3.19. The van der Waals surface area contributed by atoms with Gasteiger partial charge in [-0.1, -0.05) is 0 Å². The molecule has 136 valence electrons. The lowest BCUT2D eigenvalue weighted by atomic mass is 9.93. The van der Waals surface area contributed by atoms with Gasteiger partial charge >= 0.3 is 0 Å². The summed E-state index contributed by atoms with van der Waals surface area (Å²) in [5, 5.41) is 4.31. The van der Waals surface area contributed by atoms with Crippen LogP contribution < -0.4 is 9.46 Å². The molecule has 1 aliphatic carbocycles. The molecule has 0 bridgehead atoms. The molecule has 1 fully saturated rings. The summed E-state index contributed by atoms with van der Waals surface area (Å²) in [6.45, 7) is 3.70. The molecule has 3 rings (SSSR count). The van der Waals surface area contributed by atoms with Crippen molar-refractivity contribution in [2.75, 3.05) is 0 Å². The molecule has 0 radical (unpaired) electrons. The number of hydrogen-bond acceptors (Lipinski definition) is 5. The zero-order chi connectivity index (χ0) is 18.0. The van der Waals surface area contributed by atoms with Crippen LogP contribution in [0, 0.1) is 13.8 Å². The van der Waals surface area contributed by atoms with Gasteiger partial charge in [-0.05, 0) is 57.7 Å². The summed E-state index contributed by atoms with van der Waals surface area (Å²) in [6.07, 6.45) is 4.97. The molecule has 0 unspecified atom stereocenters. The molecule has 1 aliphatic rings. The predicted molar refractivity (Wildman–Crippen MR) is 93.9 cm³/mol. The first-order chi connectivity index (χ1) is 11.8. The summed E-state index contributed by atoms with van der Waals surface area (Å²) in [5.74, 6) is 0.803. The van der Waals surface area contributed by atoms with Gasteiger partial charge in [0, 0.05) is 19.3 Å². The van der Waals surface area contributed by atoms with Crippen molar-refractivity contribution in [2.24, 2.45) is 7.05 Å². The molecule has 0 amide bonds. The van der Waals surface area contributed by atoms with Crippen molar-refractivity contribution in [3.05, 3.63) is 35.8 Å². The van der Waals surface area contributed by atoms with Crippen LogP contribution in [0.25, 0.3) is 0 Å². The molecule has 1 N–H and O–H groups in total. The standard InChI is InChI=1S/C17H24N4O3S/c1-12-11-17(21(3)19-12)25(22,23)20-14-6-8-15(9-7-14)24-16-5-4-10-18-13(16)2/h4-5,10-11,14-15,20H,6-9H2,1-3H3. The second-order valence-corrected chi connectivity index (χ2v) is 8.21. The third-order valence-electron chi connectivity index (χ3n) is 4.48. The quantitative estimate of drug-likeness (QED) is 0.878. The lowest BCUT2D eigenvalue weighted by molar-refractivity contribution is 0.142. The van der Waals surface area contributed by atoms with Crippen molar-refractivity contribution in [1.29, 1.82) is 0 Å². The maximum absolute atomic E-state index is 12.5. The second kappa shape index (κ2) is 7.13. The average molecular weight is 364 g/mol. The molecule has 8 heteroatoms. The second-order valence-electron chi connectivity index (χ2n) is 6.55. The zero-order valence-electron chi connectivity index (χ0n) is 14.8. The van der Waals surface area contributed by atoms with Crippen LogP contribution in [0.4, 0.5) is 0 Å². The normalized spacial score (nSPS) is 21.2. The van der Waals surface area contributed by atoms with E-state index in [1.54, 1.807) is 26.2 Å². The first-order valence-corrected chi connectivity index (χ1v) is 9.95. The maximum atomic E-state index is 12.5. The minimum absolute atomic E-state index is 0.0740. The van der Waals surface area contributed by atoms with Gasteiger partial charge in [-0.3, -0.25) is 9.67 Å². The van der Waals surface area contributed by atoms with E-state index in [9.17, 15) is 8.42 Å². The highest BCUT2D eigenvalue weighted by atomic mass is 32.2. The Kier molecular flexibility index (Phi) is 5.10. The number of aryl methyl sites for hydroxylation is 3. The van der Waals surface area contributed by atoms with Crippen LogP contribution in [0.3, 0.4) is 0 Å². The van der Waals surface area contributed by atoms with Gasteiger partial charge in [0.05, 0.1) is 17.5 Å². The third-order valence-corrected chi connectivity index (χ3v) is 6.06. The highest BCUT2D eigenvalue weighted by Crippen LogP contribution is 2.26. The Morgan fingerprint density at radius 2 is 1.96 bits per heavy atom. The molecule has 0 aliphatic heterocycles.